The topological polar surface area (TPSA) is 72.5 Å². The van der Waals surface area contributed by atoms with E-state index in [-0.39, 0.29) is 22.8 Å². The second-order valence-electron chi connectivity index (χ2n) is 3.90. The number of hydrogen-bond acceptors (Lipinski definition) is 4. The molecule has 10 heteroatoms. The van der Waals surface area contributed by atoms with Crippen LogP contribution >= 0.6 is 11.6 Å². The van der Waals surface area contributed by atoms with E-state index in [1.165, 1.54) is 22.9 Å². The quantitative estimate of drug-likeness (QED) is 0.656. The summed E-state index contributed by atoms with van der Waals surface area (Å²) in [6, 6.07) is 4.34. The highest BCUT2D eigenvalue weighted by Gasteiger charge is 2.45. The number of hydrogen-bond donors (Lipinski definition) is 1. The molecular formula is C11H11ClF3NO4S. The lowest BCUT2D eigenvalue weighted by atomic mass is 10.1. The Labute approximate surface area is 124 Å². The van der Waals surface area contributed by atoms with Crippen molar-refractivity contribution in [2.45, 2.75) is 18.9 Å². The summed E-state index contributed by atoms with van der Waals surface area (Å²) in [6.45, 7) is 0.608. The fraction of sp³-hybridized carbons (Fsp3) is 0.364. The molecule has 0 fully saturated rings. The predicted octanol–water partition coefficient (Wildman–Crippen LogP) is 2.25. The van der Waals surface area contributed by atoms with E-state index in [9.17, 15) is 26.4 Å². The second kappa shape index (κ2) is 6.63. The molecule has 0 bridgehead atoms. The lowest BCUT2D eigenvalue weighted by Crippen LogP contribution is -2.37. The summed E-state index contributed by atoms with van der Waals surface area (Å²) in [7, 11) is -5.42. The first-order valence-corrected chi connectivity index (χ1v) is 7.42. The van der Waals surface area contributed by atoms with Crippen LogP contribution in [0.5, 0.6) is 5.75 Å². The van der Waals surface area contributed by atoms with Gasteiger partial charge in [0.25, 0.3) is 0 Å². The van der Waals surface area contributed by atoms with Gasteiger partial charge >= 0.3 is 21.5 Å². The van der Waals surface area contributed by atoms with Crippen LogP contribution in [-0.4, -0.2) is 26.4 Å². The zero-order chi connectivity index (χ0) is 16.3. The number of nitrogens with one attached hydrogen (secondary N) is 1. The Morgan fingerprint density at radius 2 is 2.00 bits per heavy atom. The van der Waals surface area contributed by atoms with E-state index in [2.05, 4.69) is 0 Å². The van der Waals surface area contributed by atoms with Crippen molar-refractivity contribution >= 4 is 27.6 Å². The van der Waals surface area contributed by atoms with E-state index < -0.39 is 28.0 Å². The molecule has 21 heavy (non-hydrogen) atoms. The van der Waals surface area contributed by atoms with Crippen molar-refractivity contribution in [3.8, 4) is 5.75 Å². The Morgan fingerprint density at radius 1 is 1.38 bits per heavy atom. The molecule has 0 atom stereocenters. The van der Waals surface area contributed by atoms with Crippen molar-refractivity contribution in [3.05, 3.63) is 28.8 Å². The minimum absolute atomic E-state index is 0.0706. The number of sulfonamides is 1. The summed E-state index contributed by atoms with van der Waals surface area (Å²) in [5, 5.41) is 0.153. The normalized spacial score (nSPS) is 12.2. The number of alkyl halides is 3. The van der Waals surface area contributed by atoms with E-state index in [1.807, 2.05) is 0 Å². The summed E-state index contributed by atoms with van der Waals surface area (Å²) in [6.07, 6.45) is -0.169. The minimum atomic E-state index is -5.42. The van der Waals surface area contributed by atoms with E-state index in [1.54, 1.807) is 0 Å². The van der Waals surface area contributed by atoms with E-state index in [0.717, 1.165) is 6.92 Å². The maximum absolute atomic E-state index is 12.1. The van der Waals surface area contributed by atoms with Crippen molar-refractivity contribution in [3.63, 3.8) is 0 Å². The van der Waals surface area contributed by atoms with Crippen LogP contribution in [0.3, 0.4) is 0 Å². The largest absolute Gasteiger partial charge is 0.511 e. The van der Waals surface area contributed by atoms with Crippen LogP contribution in [0.25, 0.3) is 0 Å². The molecule has 0 amide bonds. The number of esters is 1. The Balaban J connectivity index is 2.83. The first-order valence-electron chi connectivity index (χ1n) is 5.56. The molecule has 0 aliphatic rings. The molecule has 1 aromatic carbocycles. The molecule has 0 heterocycles. The van der Waals surface area contributed by atoms with Crippen LogP contribution in [0.15, 0.2) is 18.2 Å². The highest BCUT2D eigenvalue weighted by Crippen LogP contribution is 2.27. The summed E-state index contributed by atoms with van der Waals surface area (Å²) in [5.74, 6) is -0.560. The van der Waals surface area contributed by atoms with Gasteiger partial charge < -0.3 is 4.74 Å². The highest BCUT2D eigenvalue weighted by atomic mass is 35.5. The van der Waals surface area contributed by atoms with Crippen LogP contribution in [0.2, 0.25) is 5.02 Å². The van der Waals surface area contributed by atoms with Gasteiger partial charge in [-0.3, -0.25) is 4.79 Å². The summed E-state index contributed by atoms with van der Waals surface area (Å²) in [4.78, 5) is 10.9. The third-order valence-corrected chi connectivity index (χ3v) is 3.85. The maximum Gasteiger partial charge on any atom is 0.511 e. The van der Waals surface area contributed by atoms with Gasteiger partial charge in [0.1, 0.15) is 5.75 Å². The first kappa shape index (κ1) is 17.7. The Kier molecular flexibility index (Phi) is 5.60. The predicted molar refractivity (Wildman–Crippen MR) is 69.4 cm³/mol. The van der Waals surface area contributed by atoms with Crippen LogP contribution in [0.4, 0.5) is 13.2 Å². The van der Waals surface area contributed by atoms with Crippen LogP contribution in [-0.2, 0) is 21.2 Å². The number of carbonyl (C=O) groups is 1. The molecule has 0 aliphatic carbocycles. The zero-order valence-corrected chi connectivity index (χ0v) is 12.3. The van der Waals surface area contributed by atoms with Gasteiger partial charge in [-0.25, -0.2) is 13.1 Å². The molecule has 0 saturated heterocycles. The molecule has 0 aliphatic heterocycles. The van der Waals surface area contributed by atoms with Crippen LogP contribution in [0.1, 0.15) is 12.5 Å². The number of halogens is 4. The average molecular weight is 346 g/mol. The van der Waals surface area contributed by atoms with Crippen molar-refractivity contribution < 1.29 is 31.1 Å². The third kappa shape index (κ3) is 4.87. The molecule has 0 saturated carbocycles. The van der Waals surface area contributed by atoms with Crippen LogP contribution < -0.4 is 9.46 Å². The Bertz CT molecular complexity index is 631. The molecule has 0 aromatic heterocycles. The van der Waals surface area contributed by atoms with E-state index in [4.69, 9.17) is 16.3 Å². The number of ether oxygens (including phenoxy) is 1. The molecule has 1 rings (SSSR count). The molecule has 0 spiro atoms. The molecule has 118 valence electrons. The second-order valence-corrected chi connectivity index (χ2v) is 6.07. The van der Waals surface area contributed by atoms with Gasteiger partial charge in [-0.15, -0.1) is 0 Å². The van der Waals surface area contributed by atoms with Crippen LogP contribution in [0, 0.1) is 0 Å². The molecule has 5 nitrogen and oxygen atoms in total. The third-order valence-electron chi connectivity index (χ3n) is 2.30. The molecule has 0 unspecified atom stereocenters. The average Bonchev–Trinajstić information content (AvgIpc) is 2.30. The van der Waals surface area contributed by atoms with E-state index in [0.29, 0.717) is 0 Å². The van der Waals surface area contributed by atoms with Crippen molar-refractivity contribution in [2.75, 3.05) is 6.54 Å². The molecule has 1 aromatic rings. The maximum atomic E-state index is 12.1. The van der Waals surface area contributed by atoms with Gasteiger partial charge in [0.2, 0.25) is 0 Å². The lowest BCUT2D eigenvalue weighted by Gasteiger charge is -2.12. The Morgan fingerprint density at radius 3 is 2.52 bits per heavy atom. The fourth-order valence-corrected chi connectivity index (χ4v) is 2.22. The monoisotopic (exact) mass is 345 g/mol. The smallest absolute Gasteiger partial charge is 0.426 e. The van der Waals surface area contributed by atoms with Crippen molar-refractivity contribution in [1.29, 1.82) is 0 Å². The number of rotatable bonds is 5. The Hall–Kier alpha value is -1.32. The lowest BCUT2D eigenvalue weighted by molar-refractivity contribution is -0.131. The summed E-state index contributed by atoms with van der Waals surface area (Å²) in [5.41, 5.74) is -5.15. The van der Waals surface area contributed by atoms with Gasteiger partial charge in [-0.05, 0) is 18.6 Å². The first-order chi connectivity index (χ1) is 9.54. The van der Waals surface area contributed by atoms with Gasteiger partial charge in [-0.2, -0.15) is 13.2 Å². The van der Waals surface area contributed by atoms with Crippen molar-refractivity contribution in [2.24, 2.45) is 0 Å². The molecule has 0 radical (unpaired) electrons. The van der Waals surface area contributed by atoms with Gasteiger partial charge in [0.15, 0.2) is 0 Å². The zero-order valence-electron chi connectivity index (χ0n) is 10.7. The SMILES string of the molecule is CC(=O)Oc1cccc(Cl)c1CCNS(=O)(=O)C(F)(F)F. The van der Waals surface area contributed by atoms with Crippen molar-refractivity contribution in [1.82, 2.24) is 4.72 Å². The van der Waals surface area contributed by atoms with Gasteiger partial charge in [0, 0.05) is 24.1 Å². The standard InChI is InChI=1S/C11H11ClF3NO4S/c1-7(17)20-10-4-2-3-9(12)8(10)5-6-16-21(18,19)11(13,14)15/h2-4,16H,5-6H2,1H3. The highest BCUT2D eigenvalue weighted by molar-refractivity contribution is 7.90. The minimum Gasteiger partial charge on any atom is -0.426 e. The fourth-order valence-electron chi connectivity index (χ4n) is 1.42. The summed E-state index contributed by atoms with van der Waals surface area (Å²) >= 11 is 5.86. The number of carbonyl (C=O) groups excluding carboxylic acids is 1. The van der Waals surface area contributed by atoms with E-state index >= 15 is 0 Å². The molecule has 1 N–H and O–H groups in total. The van der Waals surface area contributed by atoms with Gasteiger partial charge in [-0.1, -0.05) is 17.7 Å². The van der Waals surface area contributed by atoms with Gasteiger partial charge in [0.05, 0.1) is 0 Å². The number of benzene rings is 1. The molecular weight excluding hydrogens is 335 g/mol. The summed E-state index contributed by atoms with van der Waals surface area (Å²) < 4.78 is 64.4.